The summed E-state index contributed by atoms with van der Waals surface area (Å²) in [5, 5.41) is 8.95. The Morgan fingerprint density at radius 1 is 1.17 bits per heavy atom. The Balaban J connectivity index is 1.92. The number of hydrogen-bond acceptors (Lipinski definition) is 4. The Morgan fingerprint density at radius 2 is 2.04 bits per heavy atom. The van der Waals surface area contributed by atoms with Gasteiger partial charge in [-0.05, 0) is 48.2 Å². The van der Waals surface area contributed by atoms with Gasteiger partial charge in [0.05, 0.1) is 24.7 Å². The van der Waals surface area contributed by atoms with Crippen LogP contribution in [0.5, 0.6) is 5.75 Å². The summed E-state index contributed by atoms with van der Waals surface area (Å²) in [6.07, 6.45) is 1.60. The number of ether oxygens (including phenoxy) is 1. The molecule has 1 heterocycles. The Bertz CT molecular complexity index is 811. The number of aromatic nitrogens is 2. The van der Waals surface area contributed by atoms with Crippen molar-refractivity contribution >= 4 is 17.0 Å². The molecule has 0 saturated heterocycles. The molecular formula is C18H21N3O2. The summed E-state index contributed by atoms with van der Waals surface area (Å²) in [5.41, 5.74) is 10.3. The van der Waals surface area contributed by atoms with Crippen LogP contribution in [0.3, 0.4) is 0 Å². The number of aliphatic hydroxyl groups is 1. The topological polar surface area (TPSA) is 73.3 Å². The predicted octanol–water partition coefficient (Wildman–Crippen LogP) is 2.60. The first-order valence-electron chi connectivity index (χ1n) is 7.69. The van der Waals surface area contributed by atoms with E-state index in [1.807, 2.05) is 41.0 Å². The summed E-state index contributed by atoms with van der Waals surface area (Å²) in [4.78, 5) is 4.47. The van der Waals surface area contributed by atoms with Crippen molar-refractivity contribution in [2.24, 2.45) is 0 Å². The molecule has 3 N–H and O–H groups in total. The number of methoxy groups -OCH3 is 1. The smallest absolute Gasteiger partial charge is 0.201 e. The van der Waals surface area contributed by atoms with Gasteiger partial charge in [-0.15, -0.1) is 0 Å². The van der Waals surface area contributed by atoms with Gasteiger partial charge >= 0.3 is 0 Å². The van der Waals surface area contributed by atoms with Gasteiger partial charge in [0.2, 0.25) is 5.95 Å². The number of aliphatic hydroxyl groups excluding tert-OH is 1. The Labute approximate surface area is 135 Å². The number of imidazole rings is 1. The lowest BCUT2D eigenvalue weighted by atomic mass is 10.1. The number of hydrogen-bond donors (Lipinski definition) is 2. The maximum Gasteiger partial charge on any atom is 0.201 e. The zero-order valence-corrected chi connectivity index (χ0v) is 13.2. The highest BCUT2D eigenvalue weighted by atomic mass is 16.5. The molecule has 5 nitrogen and oxygen atoms in total. The van der Waals surface area contributed by atoms with Gasteiger partial charge in [-0.25, -0.2) is 4.98 Å². The van der Waals surface area contributed by atoms with Gasteiger partial charge in [0.25, 0.3) is 0 Å². The Kier molecular flexibility index (Phi) is 4.48. The van der Waals surface area contributed by atoms with Crippen LogP contribution in [0.15, 0.2) is 42.5 Å². The van der Waals surface area contributed by atoms with E-state index in [-0.39, 0.29) is 6.61 Å². The highest BCUT2D eigenvalue weighted by Crippen LogP contribution is 2.22. The largest absolute Gasteiger partial charge is 0.497 e. The van der Waals surface area contributed by atoms with Crippen LogP contribution in [0.4, 0.5) is 5.95 Å². The molecule has 3 aromatic rings. The molecule has 0 amide bonds. The van der Waals surface area contributed by atoms with E-state index >= 15 is 0 Å². The number of anilines is 1. The maximum absolute atomic E-state index is 8.95. The van der Waals surface area contributed by atoms with Crippen LogP contribution >= 0.6 is 0 Å². The van der Waals surface area contributed by atoms with Crippen molar-refractivity contribution in [1.82, 2.24) is 9.55 Å². The van der Waals surface area contributed by atoms with Crippen LogP contribution in [0.1, 0.15) is 17.5 Å². The molecule has 0 aliphatic carbocycles. The first-order valence-corrected chi connectivity index (χ1v) is 7.69. The van der Waals surface area contributed by atoms with E-state index in [4.69, 9.17) is 15.6 Å². The van der Waals surface area contributed by atoms with Crippen molar-refractivity contribution in [1.29, 1.82) is 0 Å². The number of aryl methyl sites for hydroxylation is 1. The number of benzene rings is 2. The lowest BCUT2D eigenvalue weighted by Gasteiger charge is -2.08. The van der Waals surface area contributed by atoms with E-state index in [1.54, 1.807) is 7.11 Å². The van der Waals surface area contributed by atoms with Crippen LogP contribution < -0.4 is 10.5 Å². The minimum absolute atomic E-state index is 0.199. The molecule has 0 unspecified atom stereocenters. The third-order valence-corrected chi connectivity index (χ3v) is 3.94. The molecule has 1 aromatic heterocycles. The van der Waals surface area contributed by atoms with E-state index in [1.165, 1.54) is 0 Å². The van der Waals surface area contributed by atoms with Crippen molar-refractivity contribution < 1.29 is 9.84 Å². The SMILES string of the molecule is COc1cccc(Cn2c(N)nc3cc(CCCO)ccc32)c1. The molecule has 0 aliphatic heterocycles. The monoisotopic (exact) mass is 311 g/mol. The van der Waals surface area contributed by atoms with Crippen LogP contribution in [-0.4, -0.2) is 28.4 Å². The first-order chi connectivity index (χ1) is 11.2. The Hall–Kier alpha value is -2.53. The lowest BCUT2D eigenvalue weighted by molar-refractivity contribution is 0.288. The van der Waals surface area contributed by atoms with Crippen molar-refractivity contribution in [3.63, 3.8) is 0 Å². The molecule has 0 radical (unpaired) electrons. The number of fused-ring (bicyclic) bond motifs is 1. The summed E-state index contributed by atoms with van der Waals surface area (Å²) in [5.74, 6) is 1.33. The fourth-order valence-electron chi connectivity index (χ4n) is 2.75. The first kappa shape index (κ1) is 15.4. The quantitative estimate of drug-likeness (QED) is 0.734. The highest BCUT2D eigenvalue weighted by molar-refractivity contribution is 5.79. The summed E-state index contributed by atoms with van der Waals surface area (Å²) in [7, 11) is 1.66. The van der Waals surface area contributed by atoms with Crippen molar-refractivity contribution in [3.05, 3.63) is 53.6 Å². The van der Waals surface area contributed by atoms with Crippen LogP contribution in [0.2, 0.25) is 0 Å². The van der Waals surface area contributed by atoms with Gasteiger partial charge in [0.1, 0.15) is 5.75 Å². The van der Waals surface area contributed by atoms with Crippen molar-refractivity contribution in [3.8, 4) is 5.75 Å². The molecule has 23 heavy (non-hydrogen) atoms. The van der Waals surface area contributed by atoms with E-state index in [0.29, 0.717) is 12.5 Å². The molecule has 2 aromatic carbocycles. The van der Waals surface area contributed by atoms with Gasteiger partial charge in [-0.1, -0.05) is 18.2 Å². The van der Waals surface area contributed by atoms with E-state index in [9.17, 15) is 0 Å². The molecule has 120 valence electrons. The molecule has 0 spiro atoms. The summed E-state index contributed by atoms with van der Waals surface area (Å²) < 4.78 is 7.27. The van der Waals surface area contributed by atoms with E-state index < -0.39 is 0 Å². The highest BCUT2D eigenvalue weighted by Gasteiger charge is 2.10. The minimum Gasteiger partial charge on any atom is -0.497 e. The minimum atomic E-state index is 0.199. The van der Waals surface area contributed by atoms with E-state index in [2.05, 4.69) is 11.1 Å². The predicted molar refractivity (Wildman–Crippen MR) is 91.6 cm³/mol. The molecule has 0 aliphatic rings. The summed E-state index contributed by atoms with van der Waals surface area (Å²) in [6, 6.07) is 14.1. The van der Waals surface area contributed by atoms with Crippen LogP contribution in [-0.2, 0) is 13.0 Å². The standard InChI is InChI=1S/C18H21N3O2/c1-23-15-6-2-4-14(10-15)12-21-17-8-7-13(5-3-9-22)11-16(17)20-18(21)19/h2,4,6-8,10-11,22H,3,5,9,12H2,1H3,(H2,19,20). The number of nitrogens with two attached hydrogens (primary N) is 1. The molecular weight excluding hydrogens is 290 g/mol. The summed E-state index contributed by atoms with van der Waals surface area (Å²) >= 11 is 0. The van der Waals surface area contributed by atoms with Gasteiger partial charge in [0.15, 0.2) is 0 Å². The molecule has 5 heteroatoms. The molecule has 0 fully saturated rings. The average molecular weight is 311 g/mol. The van der Waals surface area contributed by atoms with E-state index in [0.717, 1.165) is 40.8 Å². The molecule has 0 atom stereocenters. The third-order valence-electron chi connectivity index (χ3n) is 3.94. The maximum atomic E-state index is 8.95. The van der Waals surface area contributed by atoms with Crippen LogP contribution in [0, 0.1) is 0 Å². The second-order valence-corrected chi connectivity index (χ2v) is 5.56. The fraction of sp³-hybridized carbons (Fsp3) is 0.278. The van der Waals surface area contributed by atoms with Crippen molar-refractivity contribution in [2.75, 3.05) is 19.5 Å². The van der Waals surface area contributed by atoms with Gasteiger partial charge in [-0.3, -0.25) is 0 Å². The van der Waals surface area contributed by atoms with Crippen LogP contribution in [0.25, 0.3) is 11.0 Å². The lowest BCUT2D eigenvalue weighted by Crippen LogP contribution is -2.04. The van der Waals surface area contributed by atoms with Gasteiger partial charge < -0.3 is 20.1 Å². The second kappa shape index (κ2) is 6.71. The van der Waals surface area contributed by atoms with Crippen molar-refractivity contribution in [2.45, 2.75) is 19.4 Å². The molecule has 0 saturated carbocycles. The van der Waals surface area contributed by atoms with Gasteiger partial charge in [0, 0.05) is 6.61 Å². The second-order valence-electron chi connectivity index (χ2n) is 5.56. The Morgan fingerprint density at radius 3 is 2.83 bits per heavy atom. The number of nitrogen functional groups attached to an aromatic ring is 1. The summed E-state index contributed by atoms with van der Waals surface area (Å²) in [6.45, 7) is 0.847. The zero-order chi connectivity index (χ0) is 16.2. The third kappa shape index (κ3) is 3.29. The van der Waals surface area contributed by atoms with Gasteiger partial charge in [-0.2, -0.15) is 0 Å². The average Bonchev–Trinajstić information content (AvgIpc) is 2.88. The fourth-order valence-corrected chi connectivity index (χ4v) is 2.75. The zero-order valence-electron chi connectivity index (χ0n) is 13.2. The normalized spacial score (nSPS) is 11.0. The molecule has 3 rings (SSSR count). The molecule has 0 bridgehead atoms. The number of nitrogens with zero attached hydrogens (tertiary/aromatic N) is 2. The number of rotatable bonds is 6.